The van der Waals surface area contributed by atoms with Crippen molar-refractivity contribution in [3.8, 4) is 0 Å². The summed E-state index contributed by atoms with van der Waals surface area (Å²) in [6, 6.07) is 10.3. The van der Waals surface area contributed by atoms with E-state index in [0.29, 0.717) is 6.54 Å². The molecular weight excluding hydrogens is 324 g/mol. The fourth-order valence-electron chi connectivity index (χ4n) is 4.23. The van der Waals surface area contributed by atoms with Crippen molar-refractivity contribution in [3.63, 3.8) is 0 Å². The van der Waals surface area contributed by atoms with E-state index in [1.165, 1.54) is 0 Å². The first-order valence-electron chi connectivity index (χ1n) is 9.40. The van der Waals surface area contributed by atoms with Crippen LogP contribution in [0.1, 0.15) is 46.1 Å². The van der Waals surface area contributed by atoms with Gasteiger partial charge < -0.3 is 16.0 Å². The van der Waals surface area contributed by atoms with Crippen molar-refractivity contribution in [2.24, 2.45) is 0 Å². The van der Waals surface area contributed by atoms with E-state index in [1.807, 2.05) is 24.4 Å². The van der Waals surface area contributed by atoms with Crippen LogP contribution >= 0.6 is 0 Å². The molecule has 140 valence electrons. The van der Waals surface area contributed by atoms with E-state index < -0.39 is 0 Å². The molecule has 0 radical (unpaired) electrons. The zero-order valence-electron chi connectivity index (χ0n) is 16.2. The predicted octanol–water partition coefficient (Wildman–Crippen LogP) is 3.39. The van der Waals surface area contributed by atoms with Gasteiger partial charge in [0.1, 0.15) is 0 Å². The summed E-state index contributed by atoms with van der Waals surface area (Å²) in [7, 11) is 0. The van der Waals surface area contributed by atoms with Crippen LogP contribution in [-0.4, -0.2) is 34.7 Å². The van der Waals surface area contributed by atoms with Crippen LogP contribution in [-0.2, 0) is 6.42 Å². The van der Waals surface area contributed by atoms with Gasteiger partial charge in [-0.05, 0) is 64.7 Å². The molecule has 0 unspecified atom stereocenters. The monoisotopic (exact) mass is 354 g/mol. The van der Waals surface area contributed by atoms with Crippen molar-refractivity contribution in [1.29, 1.82) is 0 Å². The van der Waals surface area contributed by atoms with Crippen LogP contribution in [0.25, 0.3) is 10.9 Å². The third-order valence-corrected chi connectivity index (χ3v) is 4.87. The molecule has 1 saturated heterocycles. The zero-order valence-corrected chi connectivity index (χ0v) is 16.2. The molecule has 1 aliphatic heterocycles. The number of aromatic nitrogens is 1. The largest absolute Gasteiger partial charge is 0.338 e. The number of fused-ring (bicyclic) bond motifs is 1. The van der Waals surface area contributed by atoms with Crippen LogP contribution in [0.4, 0.5) is 4.79 Å². The third-order valence-electron chi connectivity index (χ3n) is 4.87. The second kappa shape index (κ2) is 7.23. The molecule has 1 aromatic heterocycles. The van der Waals surface area contributed by atoms with Gasteiger partial charge in [0.05, 0.1) is 5.52 Å². The Morgan fingerprint density at radius 3 is 2.62 bits per heavy atom. The van der Waals surface area contributed by atoms with Crippen LogP contribution in [0.2, 0.25) is 0 Å². The second-order valence-corrected chi connectivity index (χ2v) is 8.68. The minimum absolute atomic E-state index is 0.0243. The molecule has 1 fully saturated rings. The summed E-state index contributed by atoms with van der Waals surface area (Å²) in [6.07, 6.45) is 4.52. The number of rotatable bonds is 4. The number of hydrogen-bond donors (Lipinski definition) is 3. The van der Waals surface area contributed by atoms with Gasteiger partial charge in [0.15, 0.2) is 0 Å². The number of amides is 2. The van der Waals surface area contributed by atoms with Gasteiger partial charge in [-0.3, -0.25) is 4.98 Å². The first-order valence-corrected chi connectivity index (χ1v) is 9.40. The Hall–Kier alpha value is -2.14. The van der Waals surface area contributed by atoms with E-state index in [0.717, 1.165) is 35.7 Å². The predicted molar refractivity (Wildman–Crippen MR) is 106 cm³/mol. The van der Waals surface area contributed by atoms with E-state index >= 15 is 0 Å². The molecule has 2 heterocycles. The molecule has 0 saturated carbocycles. The van der Waals surface area contributed by atoms with Crippen LogP contribution in [0, 0.1) is 0 Å². The van der Waals surface area contributed by atoms with Crippen molar-refractivity contribution in [2.45, 2.75) is 64.1 Å². The molecule has 2 amide bonds. The summed E-state index contributed by atoms with van der Waals surface area (Å²) in [5.41, 5.74) is 2.18. The molecule has 0 bridgehead atoms. The Balaban J connectivity index is 1.49. The van der Waals surface area contributed by atoms with Crippen LogP contribution < -0.4 is 16.0 Å². The van der Waals surface area contributed by atoms with E-state index in [9.17, 15) is 4.79 Å². The van der Waals surface area contributed by atoms with Crippen LogP contribution in [0.3, 0.4) is 0 Å². The molecule has 1 aromatic carbocycles. The minimum Gasteiger partial charge on any atom is -0.338 e. The fourth-order valence-corrected chi connectivity index (χ4v) is 4.23. The Kier molecular flexibility index (Phi) is 5.19. The van der Waals surface area contributed by atoms with Gasteiger partial charge >= 0.3 is 6.03 Å². The maximum atomic E-state index is 12.3. The molecule has 0 spiro atoms. The number of nitrogens with one attached hydrogen (secondary N) is 3. The summed E-state index contributed by atoms with van der Waals surface area (Å²) in [4.78, 5) is 16.7. The number of urea groups is 1. The van der Waals surface area contributed by atoms with Gasteiger partial charge in [-0.1, -0.05) is 18.2 Å². The molecule has 0 aliphatic carbocycles. The number of pyridine rings is 1. The highest BCUT2D eigenvalue weighted by molar-refractivity contribution is 5.78. The minimum atomic E-state index is -0.0859. The quantitative estimate of drug-likeness (QED) is 0.788. The van der Waals surface area contributed by atoms with Crippen molar-refractivity contribution in [3.05, 3.63) is 42.1 Å². The lowest BCUT2D eigenvalue weighted by molar-refractivity contribution is 0.147. The average Bonchev–Trinajstić information content (AvgIpc) is 2.51. The topological polar surface area (TPSA) is 66.0 Å². The van der Waals surface area contributed by atoms with Gasteiger partial charge in [-0.15, -0.1) is 0 Å². The summed E-state index contributed by atoms with van der Waals surface area (Å²) < 4.78 is 0. The summed E-state index contributed by atoms with van der Waals surface area (Å²) in [6.45, 7) is 9.35. The fraction of sp³-hybridized carbons (Fsp3) is 0.524. The second-order valence-electron chi connectivity index (χ2n) is 8.68. The molecular formula is C21H30N4O. The van der Waals surface area contributed by atoms with E-state index in [1.54, 1.807) is 0 Å². The van der Waals surface area contributed by atoms with Gasteiger partial charge in [0, 0.05) is 35.2 Å². The Morgan fingerprint density at radius 1 is 1.19 bits per heavy atom. The highest BCUT2D eigenvalue weighted by Gasteiger charge is 2.38. The number of nitrogens with zero attached hydrogens (tertiary/aromatic N) is 1. The van der Waals surface area contributed by atoms with Crippen molar-refractivity contribution in [1.82, 2.24) is 20.9 Å². The van der Waals surface area contributed by atoms with Crippen LogP contribution in [0.5, 0.6) is 0 Å². The Bertz CT molecular complexity index is 768. The zero-order chi connectivity index (χ0) is 18.8. The number of carbonyl (C=O) groups excluding carboxylic acids is 1. The summed E-state index contributed by atoms with van der Waals surface area (Å²) >= 11 is 0. The maximum Gasteiger partial charge on any atom is 0.315 e. The molecule has 2 aromatic rings. The molecule has 3 rings (SSSR count). The lowest BCUT2D eigenvalue weighted by Crippen LogP contribution is -2.62. The first-order chi connectivity index (χ1) is 12.2. The van der Waals surface area contributed by atoms with Gasteiger partial charge in [0.2, 0.25) is 0 Å². The van der Waals surface area contributed by atoms with Crippen molar-refractivity contribution >= 4 is 16.9 Å². The number of piperidine rings is 1. The van der Waals surface area contributed by atoms with E-state index in [2.05, 4.69) is 60.8 Å². The Labute approximate surface area is 156 Å². The van der Waals surface area contributed by atoms with Gasteiger partial charge in [-0.25, -0.2) is 4.79 Å². The van der Waals surface area contributed by atoms with Gasteiger partial charge in [0.25, 0.3) is 0 Å². The normalized spacial score (nSPS) is 19.2. The standard InChI is InChI=1S/C21H30N4O/c1-20(2)12-17(13-21(3,4)25-20)24-19(26)22-10-9-15-11-16-7-5-6-8-18(16)23-14-15/h5-8,11,14,17,25H,9-10,12-13H2,1-4H3,(H2,22,24,26). The molecule has 1 aliphatic rings. The number of para-hydroxylation sites is 1. The number of hydrogen-bond acceptors (Lipinski definition) is 3. The highest BCUT2D eigenvalue weighted by atomic mass is 16.2. The highest BCUT2D eigenvalue weighted by Crippen LogP contribution is 2.28. The number of benzene rings is 1. The van der Waals surface area contributed by atoms with E-state index in [-0.39, 0.29) is 23.2 Å². The van der Waals surface area contributed by atoms with E-state index in [4.69, 9.17) is 0 Å². The summed E-state index contributed by atoms with van der Waals surface area (Å²) in [5.74, 6) is 0. The van der Waals surface area contributed by atoms with Crippen molar-refractivity contribution in [2.75, 3.05) is 6.54 Å². The molecule has 0 atom stereocenters. The molecule has 3 N–H and O–H groups in total. The molecule has 5 heteroatoms. The summed E-state index contributed by atoms with van der Waals surface area (Å²) in [5, 5.41) is 10.9. The Morgan fingerprint density at radius 2 is 1.88 bits per heavy atom. The van der Waals surface area contributed by atoms with Crippen molar-refractivity contribution < 1.29 is 4.79 Å². The maximum absolute atomic E-state index is 12.3. The lowest BCUT2D eigenvalue weighted by Gasteiger charge is -2.46. The smallest absolute Gasteiger partial charge is 0.315 e. The molecule has 26 heavy (non-hydrogen) atoms. The van der Waals surface area contributed by atoms with Crippen LogP contribution in [0.15, 0.2) is 36.5 Å². The third kappa shape index (κ3) is 4.94. The first kappa shape index (κ1) is 18.6. The molecule has 5 nitrogen and oxygen atoms in total. The lowest BCUT2D eigenvalue weighted by atomic mass is 9.80. The average molecular weight is 354 g/mol. The van der Waals surface area contributed by atoms with Gasteiger partial charge in [-0.2, -0.15) is 0 Å². The SMILES string of the molecule is CC1(C)CC(NC(=O)NCCc2cnc3ccccc3c2)CC(C)(C)N1. The number of carbonyl (C=O) groups is 1.